The van der Waals surface area contributed by atoms with E-state index in [9.17, 15) is 18.0 Å². The number of likely N-dealkylation sites (tertiary alicyclic amines) is 1. The van der Waals surface area contributed by atoms with Crippen LogP contribution in [0.4, 0.5) is 19.0 Å². The predicted octanol–water partition coefficient (Wildman–Crippen LogP) is 5.37. The molecule has 168 valence electrons. The van der Waals surface area contributed by atoms with E-state index in [2.05, 4.69) is 15.4 Å². The third kappa shape index (κ3) is 3.76. The summed E-state index contributed by atoms with van der Waals surface area (Å²) < 4.78 is 42.6. The highest BCUT2D eigenvalue weighted by molar-refractivity contribution is 7.10. The van der Waals surface area contributed by atoms with Crippen LogP contribution in [-0.2, 0) is 0 Å². The lowest BCUT2D eigenvalue weighted by atomic mass is 9.95. The van der Waals surface area contributed by atoms with Gasteiger partial charge in [-0.1, -0.05) is 12.1 Å². The summed E-state index contributed by atoms with van der Waals surface area (Å²) in [6.45, 7) is 0.542. The Hall–Kier alpha value is -2.88. The standard InChI is InChI=1S/C22H22F3N5OS/c23-22(24,25)19-11-16(18-7-4-10-32-18)28-20-15(13-27-30(19)20)21(31)29-9-2-1-6-17(29)14-5-3-8-26-12-14/h3-5,7-8,10,12-13,16-17,19,28H,1-2,6,9,11H2. The molecule has 1 saturated heterocycles. The van der Waals surface area contributed by atoms with Gasteiger partial charge in [0.1, 0.15) is 11.4 Å². The Labute approximate surface area is 187 Å². The summed E-state index contributed by atoms with van der Waals surface area (Å²) in [6.07, 6.45) is 2.67. The number of halogens is 3. The van der Waals surface area contributed by atoms with Crippen LogP contribution in [0.1, 0.15) is 64.6 Å². The molecule has 3 aromatic heterocycles. The maximum Gasteiger partial charge on any atom is 0.410 e. The number of fused-ring (bicyclic) bond motifs is 1. The van der Waals surface area contributed by atoms with Crippen molar-refractivity contribution in [1.82, 2.24) is 19.7 Å². The molecule has 1 N–H and O–H groups in total. The van der Waals surface area contributed by atoms with Crippen molar-refractivity contribution in [2.24, 2.45) is 0 Å². The van der Waals surface area contributed by atoms with Crippen LogP contribution < -0.4 is 5.32 Å². The molecule has 0 saturated carbocycles. The van der Waals surface area contributed by atoms with Crippen molar-refractivity contribution in [2.75, 3.05) is 11.9 Å². The SMILES string of the molecule is O=C(c1cnn2c1NC(c1cccs1)CC2C(F)(F)F)N1CCCCC1c1cccnc1. The molecule has 32 heavy (non-hydrogen) atoms. The molecular weight excluding hydrogens is 439 g/mol. The van der Waals surface area contributed by atoms with E-state index in [1.807, 2.05) is 29.6 Å². The largest absolute Gasteiger partial charge is 0.410 e. The van der Waals surface area contributed by atoms with Gasteiger partial charge in [-0.3, -0.25) is 9.78 Å². The normalized spacial score (nSPS) is 23.5. The molecule has 0 radical (unpaired) electrons. The number of hydrogen-bond donors (Lipinski definition) is 1. The number of carbonyl (C=O) groups excluding carboxylic acids is 1. The van der Waals surface area contributed by atoms with Crippen molar-refractivity contribution < 1.29 is 18.0 Å². The van der Waals surface area contributed by atoms with Crippen LogP contribution in [0.15, 0.2) is 48.2 Å². The monoisotopic (exact) mass is 461 g/mol. The number of nitrogens with zero attached hydrogens (tertiary/aromatic N) is 4. The molecule has 0 aliphatic carbocycles. The fourth-order valence-corrected chi connectivity index (χ4v) is 5.43. The minimum absolute atomic E-state index is 0.137. The minimum atomic E-state index is -4.47. The average Bonchev–Trinajstić information content (AvgIpc) is 3.48. The summed E-state index contributed by atoms with van der Waals surface area (Å²) >= 11 is 1.40. The molecule has 2 aliphatic rings. The molecule has 5 rings (SSSR count). The van der Waals surface area contributed by atoms with Crippen LogP contribution in [-0.4, -0.2) is 38.3 Å². The summed E-state index contributed by atoms with van der Waals surface area (Å²) in [7, 11) is 0. The first-order valence-electron chi connectivity index (χ1n) is 10.6. The molecule has 2 aliphatic heterocycles. The number of aromatic nitrogens is 3. The van der Waals surface area contributed by atoms with Crippen molar-refractivity contribution in [1.29, 1.82) is 0 Å². The Balaban J connectivity index is 1.51. The van der Waals surface area contributed by atoms with Gasteiger partial charge < -0.3 is 10.2 Å². The summed E-state index contributed by atoms with van der Waals surface area (Å²) in [6, 6.07) is 4.91. The van der Waals surface area contributed by atoms with Crippen molar-refractivity contribution in [3.8, 4) is 0 Å². The van der Waals surface area contributed by atoms with Crippen molar-refractivity contribution in [3.63, 3.8) is 0 Å². The lowest BCUT2D eigenvalue weighted by Gasteiger charge is -2.37. The number of thiophene rings is 1. The molecule has 3 unspecified atom stereocenters. The lowest BCUT2D eigenvalue weighted by molar-refractivity contribution is -0.173. The minimum Gasteiger partial charge on any atom is -0.362 e. The van der Waals surface area contributed by atoms with Crippen LogP contribution in [0.5, 0.6) is 0 Å². The van der Waals surface area contributed by atoms with Crippen LogP contribution >= 0.6 is 11.3 Å². The van der Waals surface area contributed by atoms with Crippen LogP contribution in [0.2, 0.25) is 0 Å². The van der Waals surface area contributed by atoms with Crippen molar-refractivity contribution in [3.05, 3.63) is 64.2 Å². The number of piperidine rings is 1. The Kier molecular flexibility index (Phi) is 5.40. The maximum absolute atomic E-state index is 13.9. The number of alkyl halides is 3. The van der Waals surface area contributed by atoms with Crippen LogP contribution in [0, 0.1) is 0 Å². The molecule has 0 bridgehead atoms. The van der Waals surface area contributed by atoms with E-state index in [1.165, 1.54) is 17.5 Å². The first kappa shape index (κ1) is 21.0. The molecule has 10 heteroatoms. The van der Waals surface area contributed by atoms with Gasteiger partial charge in [-0.15, -0.1) is 11.3 Å². The Morgan fingerprint density at radius 3 is 2.78 bits per heavy atom. The van der Waals surface area contributed by atoms with Gasteiger partial charge in [0.15, 0.2) is 6.04 Å². The van der Waals surface area contributed by atoms with Gasteiger partial charge in [-0.25, -0.2) is 4.68 Å². The van der Waals surface area contributed by atoms with Crippen LogP contribution in [0.25, 0.3) is 0 Å². The molecule has 5 heterocycles. The first-order chi connectivity index (χ1) is 15.4. The molecule has 3 aromatic rings. The summed E-state index contributed by atoms with van der Waals surface area (Å²) in [4.78, 5) is 20.3. The summed E-state index contributed by atoms with van der Waals surface area (Å²) in [5.74, 6) is -0.169. The predicted molar refractivity (Wildman–Crippen MR) is 114 cm³/mol. The number of rotatable bonds is 3. The number of nitrogens with one attached hydrogen (secondary N) is 1. The van der Waals surface area contributed by atoms with Gasteiger partial charge in [0.05, 0.1) is 18.3 Å². The second-order valence-corrected chi connectivity index (χ2v) is 9.13. The zero-order valence-electron chi connectivity index (χ0n) is 17.1. The number of pyridine rings is 1. The molecule has 0 aromatic carbocycles. The first-order valence-corrected chi connectivity index (χ1v) is 11.5. The van der Waals surface area contributed by atoms with Gasteiger partial charge in [0, 0.05) is 30.2 Å². The van der Waals surface area contributed by atoms with E-state index in [0.29, 0.717) is 6.54 Å². The quantitative estimate of drug-likeness (QED) is 0.570. The maximum atomic E-state index is 13.9. The summed E-state index contributed by atoms with van der Waals surface area (Å²) in [5, 5.41) is 9.02. The van der Waals surface area contributed by atoms with Crippen molar-refractivity contribution in [2.45, 2.75) is 50.0 Å². The second-order valence-electron chi connectivity index (χ2n) is 8.15. The topological polar surface area (TPSA) is 63.1 Å². The van der Waals surface area contributed by atoms with Gasteiger partial charge in [-0.2, -0.15) is 18.3 Å². The number of hydrogen-bond acceptors (Lipinski definition) is 5. The number of carbonyl (C=O) groups is 1. The third-order valence-electron chi connectivity index (χ3n) is 6.19. The van der Waals surface area contributed by atoms with Gasteiger partial charge in [0.2, 0.25) is 0 Å². The Bertz CT molecular complexity index is 1080. The molecule has 1 amide bonds. The van der Waals surface area contributed by atoms with E-state index in [-0.39, 0.29) is 29.8 Å². The molecule has 6 nitrogen and oxygen atoms in total. The Morgan fingerprint density at radius 2 is 2.06 bits per heavy atom. The highest BCUT2D eigenvalue weighted by Gasteiger charge is 2.48. The fourth-order valence-electron chi connectivity index (χ4n) is 4.64. The van der Waals surface area contributed by atoms with E-state index < -0.39 is 18.3 Å². The molecule has 3 atom stereocenters. The number of anilines is 1. The third-order valence-corrected chi connectivity index (χ3v) is 7.17. The van der Waals surface area contributed by atoms with Gasteiger partial charge in [-0.05, 0) is 42.3 Å². The molecular formula is C22H22F3N5OS. The van der Waals surface area contributed by atoms with E-state index in [4.69, 9.17) is 0 Å². The molecule has 0 spiro atoms. The van der Waals surface area contributed by atoms with E-state index >= 15 is 0 Å². The highest BCUT2D eigenvalue weighted by atomic mass is 32.1. The zero-order chi connectivity index (χ0) is 22.3. The van der Waals surface area contributed by atoms with Crippen molar-refractivity contribution >= 4 is 23.1 Å². The average molecular weight is 462 g/mol. The second kappa shape index (κ2) is 8.23. The van der Waals surface area contributed by atoms with Gasteiger partial charge in [0.25, 0.3) is 5.91 Å². The Morgan fingerprint density at radius 1 is 1.19 bits per heavy atom. The summed E-state index contributed by atoms with van der Waals surface area (Å²) in [5.41, 5.74) is 1.11. The lowest BCUT2D eigenvalue weighted by Crippen LogP contribution is -2.40. The highest BCUT2D eigenvalue weighted by Crippen LogP contribution is 2.45. The fraction of sp³-hybridized carbons (Fsp3) is 0.409. The zero-order valence-corrected chi connectivity index (χ0v) is 17.9. The smallest absolute Gasteiger partial charge is 0.362 e. The molecule has 1 fully saturated rings. The van der Waals surface area contributed by atoms with Gasteiger partial charge >= 0.3 is 6.18 Å². The van der Waals surface area contributed by atoms with E-state index in [1.54, 1.807) is 17.3 Å². The number of amides is 1. The van der Waals surface area contributed by atoms with Crippen LogP contribution in [0.3, 0.4) is 0 Å². The van der Waals surface area contributed by atoms with E-state index in [0.717, 1.165) is 34.4 Å².